The van der Waals surface area contributed by atoms with E-state index in [0.717, 1.165) is 5.56 Å². The zero-order valence-corrected chi connectivity index (χ0v) is 14.1. The summed E-state index contributed by atoms with van der Waals surface area (Å²) in [5.74, 6) is -0.244. The smallest absolute Gasteiger partial charge is 0.279 e. The average molecular weight is 329 g/mol. The van der Waals surface area contributed by atoms with Crippen molar-refractivity contribution in [1.82, 2.24) is 13.9 Å². The van der Waals surface area contributed by atoms with Gasteiger partial charge in [-0.25, -0.2) is 4.39 Å². The van der Waals surface area contributed by atoms with E-state index in [2.05, 4.69) is 9.62 Å². The van der Waals surface area contributed by atoms with Gasteiger partial charge in [0.25, 0.3) is 10.2 Å². The second kappa shape index (κ2) is 7.04. The van der Waals surface area contributed by atoms with Crippen LogP contribution in [0.1, 0.15) is 32.4 Å². The summed E-state index contributed by atoms with van der Waals surface area (Å²) < 4.78 is 41.7. The first-order chi connectivity index (χ1) is 10.3. The third kappa shape index (κ3) is 4.25. The minimum Gasteiger partial charge on any atom is -0.294 e. The summed E-state index contributed by atoms with van der Waals surface area (Å²) in [5, 5.41) is 0. The van der Waals surface area contributed by atoms with E-state index in [-0.39, 0.29) is 17.9 Å². The number of hydrogen-bond donors (Lipinski definition) is 1. The van der Waals surface area contributed by atoms with E-state index in [9.17, 15) is 12.8 Å². The normalized spacial score (nSPS) is 19.5. The molecular weight excluding hydrogens is 305 g/mol. The molecule has 22 heavy (non-hydrogen) atoms. The first kappa shape index (κ1) is 17.3. The second-order valence-electron chi connectivity index (χ2n) is 5.94. The molecule has 0 aliphatic carbocycles. The molecule has 7 heteroatoms. The third-order valence-corrected chi connectivity index (χ3v) is 5.69. The van der Waals surface area contributed by atoms with Crippen molar-refractivity contribution < 1.29 is 12.8 Å². The topological polar surface area (TPSA) is 52.7 Å². The lowest BCUT2D eigenvalue weighted by Crippen LogP contribution is -2.53. The van der Waals surface area contributed by atoms with E-state index >= 15 is 0 Å². The molecule has 1 atom stereocenters. The van der Waals surface area contributed by atoms with Gasteiger partial charge < -0.3 is 0 Å². The van der Waals surface area contributed by atoms with E-state index in [0.29, 0.717) is 26.2 Å². The first-order valence-electron chi connectivity index (χ1n) is 7.56. The molecule has 0 saturated carbocycles. The van der Waals surface area contributed by atoms with Crippen LogP contribution < -0.4 is 4.72 Å². The summed E-state index contributed by atoms with van der Waals surface area (Å²) in [7, 11) is -3.41. The van der Waals surface area contributed by atoms with Gasteiger partial charge in [-0.1, -0.05) is 12.1 Å². The predicted octanol–water partition coefficient (Wildman–Crippen LogP) is 1.75. The van der Waals surface area contributed by atoms with Gasteiger partial charge in [-0.3, -0.25) is 4.90 Å². The Bertz CT molecular complexity index is 599. The lowest BCUT2D eigenvalue weighted by molar-refractivity contribution is 0.144. The molecule has 5 nitrogen and oxygen atoms in total. The Morgan fingerprint density at radius 3 is 2.32 bits per heavy atom. The van der Waals surface area contributed by atoms with Gasteiger partial charge in [-0.2, -0.15) is 17.4 Å². The van der Waals surface area contributed by atoms with Crippen LogP contribution in [0.5, 0.6) is 0 Å². The van der Waals surface area contributed by atoms with Gasteiger partial charge in [0.1, 0.15) is 5.82 Å². The quantitative estimate of drug-likeness (QED) is 0.895. The van der Waals surface area contributed by atoms with Crippen LogP contribution in [0.4, 0.5) is 4.39 Å². The molecule has 1 fully saturated rings. The van der Waals surface area contributed by atoms with Crippen LogP contribution in [-0.2, 0) is 10.2 Å². The van der Waals surface area contributed by atoms with Crippen molar-refractivity contribution in [2.45, 2.75) is 32.9 Å². The molecule has 1 N–H and O–H groups in total. The maximum atomic E-state index is 13.3. The maximum Gasteiger partial charge on any atom is 0.279 e. The van der Waals surface area contributed by atoms with Gasteiger partial charge >= 0.3 is 0 Å². The molecular formula is C15H24FN3O2S. The highest BCUT2D eigenvalue weighted by Gasteiger charge is 2.29. The van der Waals surface area contributed by atoms with Crippen molar-refractivity contribution >= 4 is 10.2 Å². The number of rotatable bonds is 5. The lowest BCUT2D eigenvalue weighted by atomic mass is 10.1. The number of hydrogen-bond acceptors (Lipinski definition) is 3. The lowest BCUT2D eigenvalue weighted by Gasteiger charge is -2.37. The van der Waals surface area contributed by atoms with Crippen LogP contribution in [0.15, 0.2) is 24.3 Å². The van der Waals surface area contributed by atoms with Crippen molar-refractivity contribution in [3.8, 4) is 0 Å². The number of piperazine rings is 1. The summed E-state index contributed by atoms with van der Waals surface area (Å²) in [4.78, 5) is 2.18. The van der Waals surface area contributed by atoms with E-state index in [1.165, 1.54) is 16.4 Å². The van der Waals surface area contributed by atoms with Crippen molar-refractivity contribution in [3.63, 3.8) is 0 Å². The zero-order chi connectivity index (χ0) is 16.3. The molecule has 1 heterocycles. The number of nitrogens with zero attached hydrogens (tertiary/aromatic N) is 2. The summed E-state index contributed by atoms with van der Waals surface area (Å²) in [6.45, 7) is 7.79. The van der Waals surface area contributed by atoms with Crippen LogP contribution in [0.2, 0.25) is 0 Å². The first-order valence-corrected chi connectivity index (χ1v) is 9.00. The van der Waals surface area contributed by atoms with Crippen molar-refractivity contribution in [1.29, 1.82) is 0 Å². The van der Waals surface area contributed by atoms with E-state index < -0.39 is 10.2 Å². The molecule has 1 unspecified atom stereocenters. The van der Waals surface area contributed by atoms with Gasteiger partial charge in [0.2, 0.25) is 0 Å². The highest BCUT2D eigenvalue weighted by molar-refractivity contribution is 7.87. The molecule has 1 aliphatic rings. The molecule has 1 aromatic rings. The van der Waals surface area contributed by atoms with Gasteiger partial charge in [-0.15, -0.1) is 0 Å². The molecule has 0 aromatic heterocycles. The van der Waals surface area contributed by atoms with E-state index in [1.54, 1.807) is 19.9 Å². The van der Waals surface area contributed by atoms with Gasteiger partial charge in [0.05, 0.1) is 0 Å². The Labute approximate surface area is 132 Å². The van der Waals surface area contributed by atoms with Gasteiger partial charge in [-0.05, 0) is 38.5 Å². The summed E-state index contributed by atoms with van der Waals surface area (Å²) >= 11 is 0. The fourth-order valence-corrected chi connectivity index (χ4v) is 4.07. The Morgan fingerprint density at radius 1 is 1.14 bits per heavy atom. The van der Waals surface area contributed by atoms with Crippen LogP contribution in [0.25, 0.3) is 0 Å². The minimum atomic E-state index is -3.41. The minimum absolute atomic E-state index is 0.0682. The highest BCUT2D eigenvalue weighted by Crippen LogP contribution is 2.22. The van der Waals surface area contributed by atoms with E-state index in [1.807, 2.05) is 13.0 Å². The van der Waals surface area contributed by atoms with Crippen LogP contribution >= 0.6 is 0 Å². The molecule has 0 radical (unpaired) electrons. The molecule has 1 aliphatic heterocycles. The average Bonchev–Trinajstić information content (AvgIpc) is 2.45. The third-order valence-electron chi connectivity index (χ3n) is 3.88. The SMILES string of the molecule is CC(C)NS(=O)(=O)N1CCN(C(C)c2cccc(F)c2)CC1. The Hall–Kier alpha value is -1.02. The molecule has 0 spiro atoms. The predicted molar refractivity (Wildman–Crippen MR) is 85.2 cm³/mol. The molecule has 2 rings (SSSR count). The highest BCUT2D eigenvalue weighted by atomic mass is 32.2. The second-order valence-corrected chi connectivity index (χ2v) is 7.65. The number of benzene rings is 1. The molecule has 0 bridgehead atoms. The maximum absolute atomic E-state index is 13.3. The van der Waals surface area contributed by atoms with Gasteiger partial charge in [0.15, 0.2) is 0 Å². The monoisotopic (exact) mass is 329 g/mol. The van der Waals surface area contributed by atoms with Crippen molar-refractivity contribution in [2.24, 2.45) is 0 Å². The molecule has 0 amide bonds. The Morgan fingerprint density at radius 2 is 1.77 bits per heavy atom. The fourth-order valence-electron chi connectivity index (χ4n) is 2.68. The Balaban J connectivity index is 1.97. The van der Waals surface area contributed by atoms with Crippen LogP contribution in [-0.4, -0.2) is 49.8 Å². The summed E-state index contributed by atoms with van der Waals surface area (Å²) in [5.41, 5.74) is 0.914. The van der Waals surface area contributed by atoms with Crippen LogP contribution in [0.3, 0.4) is 0 Å². The van der Waals surface area contributed by atoms with Crippen LogP contribution in [0, 0.1) is 5.82 Å². The Kier molecular flexibility index (Phi) is 5.55. The summed E-state index contributed by atoms with van der Waals surface area (Å²) in [6, 6.07) is 6.52. The number of nitrogens with one attached hydrogen (secondary N) is 1. The zero-order valence-electron chi connectivity index (χ0n) is 13.3. The number of halogens is 1. The standard InChI is InChI=1S/C15H24FN3O2S/c1-12(2)17-22(20,21)19-9-7-18(8-10-19)13(3)14-5-4-6-15(16)11-14/h4-6,11-13,17H,7-10H2,1-3H3. The fraction of sp³-hybridized carbons (Fsp3) is 0.600. The van der Waals surface area contributed by atoms with Crippen molar-refractivity contribution in [3.05, 3.63) is 35.6 Å². The molecule has 1 aromatic carbocycles. The largest absolute Gasteiger partial charge is 0.294 e. The molecule has 1 saturated heterocycles. The van der Waals surface area contributed by atoms with Gasteiger partial charge in [0, 0.05) is 38.3 Å². The van der Waals surface area contributed by atoms with Crippen molar-refractivity contribution in [2.75, 3.05) is 26.2 Å². The van der Waals surface area contributed by atoms with E-state index in [4.69, 9.17) is 0 Å². The summed E-state index contributed by atoms with van der Waals surface area (Å²) in [6.07, 6.45) is 0. The molecule has 124 valence electrons.